The second-order valence-electron chi connectivity index (χ2n) is 9.77. The second-order valence-corrected chi connectivity index (χ2v) is 9.77. The Bertz CT molecular complexity index is 1540. The number of hydrogen-bond acceptors (Lipinski definition) is 6. The lowest BCUT2D eigenvalue weighted by molar-refractivity contribution is -0.121. The summed E-state index contributed by atoms with van der Waals surface area (Å²) in [7, 11) is 0. The minimum absolute atomic E-state index is 0.0759. The molecule has 1 spiro atoms. The Labute approximate surface area is 197 Å². The summed E-state index contributed by atoms with van der Waals surface area (Å²) >= 11 is 0. The Hall–Kier alpha value is -4.49. The van der Waals surface area contributed by atoms with Gasteiger partial charge >= 0.3 is 0 Å². The van der Waals surface area contributed by atoms with Gasteiger partial charge in [0.15, 0.2) is 5.41 Å². The quantitative estimate of drug-likeness (QED) is 0.629. The van der Waals surface area contributed by atoms with Crippen molar-refractivity contribution in [1.29, 1.82) is 10.5 Å². The van der Waals surface area contributed by atoms with Crippen molar-refractivity contribution in [3.8, 4) is 12.1 Å². The van der Waals surface area contributed by atoms with E-state index in [1.807, 2.05) is 58.0 Å². The number of carbonyl (C=O) groups is 1. The van der Waals surface area contributed by atoms with E-state index in [1.54, 1.807) is 9.80 Å². The molecule has 4 aliphatic rings. The van der Waals surface area contributed by atoms with Crippen molar-refractivity contribution in [2.75, 3.05) is 15.1 Å². The molecule has 7 nitrogen and oxygen atoms in total. The van der Waals surface area contributed by atoms with Crippen LogP contribution >= 0.6 is 0 Å². The number of carbonyl (C=O) groups excluding carboxylic acids is 1. The van der Waals surface area contributed by atoms with Gasteiger partial charge in [0, 0.05) is 11.1 Å². The number of nitrogens with two attached hydrogens (primary N) is 1. The van der Waals surface area contributed by atoms with Gasteiger partial charge in [-0.3, -0.25) is 9.69 Å². The fraction of sp³-hybridized carbons (Fsp3) is 0.222. The highest BCUT2D eigenvalue weighted by Crippen LogP contribution is 2.60. The van der Waals surface area contributed by atoms with Crippen LogP contribution in [0.3, 0.4) is 0 Å². The molecule has 0 radical (unpaired) electrons. The highest BCUT2D eigenvalue weighted by molar-refractivity contribution is 6.18. The van der Waals surface area contributed by atoms with E-state index in [0.717, 1.165) is 33.8 Å². The topological polar surface area (TPSA) is 109 Å². The number of fused-ring (bicyclic) bond motifs is 4. The van der Waals surface area contributed by atoms with Gasteiger partial charge in [0.1, 0.15) is 23.8 Å². The van der Waals surface area contributed by atoms with E-state index in [1.165, 1.54) is 0 Å². The number of aryl methyl sites for hydroxylation is 1. The lowest BCUT2D eigenvalue weighted by Crippen LogP contribution is -2.54. The van der Waals surface area contributed by atoms with Gasteiger partial charge in [-0.2, -0.15) is 10.5 Å². The lowest BCUT2D eigenvalue weighted by Gasteiger charge is -2.41. The standard InChI is InChI=1S/C27H22N6O/c1-14-9-16-15(2)11-26(3,4)33-22(16)17(10-14)27(25(33)34)18(12-28)23(30)32-21-8-6-5-7-20(21)31-24(32)19(27)13-29/h5-11,31H,30H2,1-4H3/t27-/m0/s1. The Balaban J connectivity index is 1.78. The summed E-state index contributed by atoms with van der Waals surface area (Å²) in [4.78, 5) is 18.0. The minimum atomic E-state index is -1.62. The number of hydrogen-bond donors (Lipinski definition) is 2. The zero-order valence-electron chi connectivity index (χ0n) is 19.3. The molecule has 4 aliphatic heterocycles. The van der Waals surface area contributed by atoms with Crippen LogP contribution in [0, 0.1) is 29.6 Å². The molecule has 0 saturated heterocycles. The summed E-state index contributed by atoms with van der Waals surface area (Å²) in [6.07, 6.45) is 2.06. The van der Waals surface area contributed by atoms with Crippen LogP contribution in [-0.2, 0) is 10.2 Å². The molecule has 0 aliphatic carbocycles. The van der Waals surface area contributed by atoms with E-state index in [2.05, 4.69) is 29.6 Å². The molecule has 3 N–H and O–H groups in total. The normalized spacial score (nSPS) is 23.2. The average molecular weight is 447 g/mol. The summed E-state index contributed by atoms with van der Waals surface area (Å²) in [5.74, 6) is 0.245. The number of nitrogens with one attached hydrogen (secondary N) is 1. The highest BCUT2D eigenvalue weighted by Gasteiger charge is 2.64. The van der Waals surface area contributed by atoms with E-state index in [-0.39, 0.29) is 22.9 Å². The zero-order chi connectivity index (χ0) is 24.2. The van der Waals surface area contributed by atoms with E-state index < -0.39 is 11.0 Å². The van der Waals surface area contributed by atoms with Gasteiger partial charge in [-0.1, -0.05) is 29.8 Å². The van der Waals surface area contributed by atoms with Gasteiger partial charge in [0.2, 0.25) is 5.91 Å². The number of anilines is 3. The van der Waals surface area contributed by atoms with Crippen molar-refractivity contribution in [1.82, 2.24) is 0 Å². The number of para-hydroxylation sites is 2. The number of allylic oxidation sites excluding steroid dienone is 1. The summed E-state index contributed by atoms with van der Waals surface area (Å²) < 4.78 is 0. The smallest absolute Gasteiger partial charge is 0.249 e. The van der Waals surface area contributed by atoms with Crippen LogP contribution in [0.15, 0.2) is 65.3 Å². The van der Waals surface area contributed by atoms with Gasteiger partial charge in [0.25, 0.3) is 0 Å². The van der Waals surface area contributed by atoms with Crippen molar-refractivity contribution in [3.63, 3.8) is 0 Å². The van der Waals surface area contributed by atoms with Crippen LogP contribution in [-0.4, -0.2) is 11.4 Å². The molecule has 0 fully saturated rings. The average Bonchev–Trinajstić information content (AvgIpc) is 3.28. The van der Waals surface area contributed by atoms with Crippen LogP contribution < -0.4 is 20.9 Å². The van der Waals surface area contributed by atoms with Crippen molar-refractivity contribution in [3.05, 3.63) is 82.0 Å². The van der Waals surface area contributed by atoms with Crippen LogP contribution in [0.2, 0.25) is 0 Å². The van der Waals surface area contributed by atoms with Gasteiger partial charge in [-0.25, -0.2) is 0 Å². The third-order valence-corrected chi connectivity index (χ3v) is 7.31. The van der Waals surface area contributed by atoms with Gasteiger partial charge < -0.3 is 16.0 Å². The second kappa shape index (κ2) is 6.09. The maximum absolute atomic E-state index is 14.6. The van der Waals surface area contributed by atoms with E-state index >= 15 is 0 Å². The summed E-state index contributed by atoms with van der Waals surface area (Å²) in [6.45, 7) is 7.93. The molecule has 166 valence electrons. The summed E-state index contributed by atoms with van der Waals surface area (Å²) in [6, 6.07) is 16.0. The van der Waals surface area contributed by atoms with Gasteiger partial charge in [-0.05, 0) is 51.5 Å². The largest absolute Gasteiger partial charge is 0.384 e. The predicted molar refractivity (Wildman–Crippen MR) is 130 cm³/mol. The molecule has 0 bridgehead atoms. The molecule has 6 rings (SSSR count). The number of nitrogens with zero attached hydrogens (tertiary/aromatic N) is 4. The van der Waals surface area contributed by atoms with Crippen molar-refractivity contribution in [2.24, 2.45) is 5.73 Å². The molecular weight excluding hydrogens is 424 g/mol. The molecule has 0 aromatic heterocycles. The van der Waals surface area contributed by atoms with Gasteiger partial charge in [-0.15, -0.1) is 0 Å². The highest BCUT2D eigenvalue weighted by atomic mass is 16.2. The first-order chi connectivity index (χ1) is 16.2. The lowest BCUT2D eigenvalue weighted by atomic mass is 9.67. The monoisotopic (exact) mass is 446 g/mol. The van der Waals surface area contributed by atoms with Crippen LogP contribution in [0.25, 0.3) is 5.57 Å². The molecule has 0 unspecified atom stereocenters. The Morgan fingerprint density at radius 3 is 2.47 bits per heavy atom. The third kappa shape index (κ3) is 2.03. The number of benzene rings is 2. The molecule has 4 heterocycles. The Morgan fingerprint density at radius 1 is 1.06 bits per heavy atom. The molecule has 34 heavy (non-hydrogen) atoms. The van der Waals surface area contributed by atoms with Crippen molar-refractivity contribution in [2.45, 2.75) is 38.6 Å². The van der Waals surface area contributed by atoms with Gasteiger partial charge in [0.05, 0.1) is 33.7 Å². The van der Waals surface area contributed by atoms with E-state index in [9.17, 15) is 15.3 Å². The van der Waals surface area contributed by atoms with Crippen molar-refractivity contribution >= 4 is 28.5 Å². The van der Waals surface area contributed by atoms with Crippen molar-refractivity contribution < 1.29 is 4.79 Å². The van der Waals surface area contributed by atoms with Crippen LogP contribution in [0.5, 0.6) is 0 Å². The first-order valence-corrected chi connectivity index (χ1v) is 11.1. The zero-order valence-corrected chi connectivity index (χ0v) is 19.3. The number of amides is 1. The molecule has 2 aromatic rings. The number of rotatable bonds is 0. The summed E-state index contributed by atoms with van der Waals surface area (Å²) in [5, 5.41) is 24.3. The van der Waals surface area contributed by atoms with E-state index in [0.29, 0.717) is 11.4 Å². The Morgan fingerprint density at radius 2 is 1.76 bits per heavy atom. The third-order valence-electron chi connectivity index (χ3n) is 7.31. The van der Waals surface area contributed by atoms with E-state index in [4.69, 9.17) is 5.73 Å². The molecule has 1 amide bonds. The maximum Gasteiger partial charge on any atom is 0.249 e. The fourth-order valence-corrected chi connectivity index (χ4v) is 6.08. The maximum atomic E-state index is 14.6. The molecule has 2 aromatic carbocycles. The molecule has 0 saturated carbocycles. The van der Waals surface area contributed by atoms with Crippen LogP contribution in [0.1, 0.15) is 37.5 Å². The summed E-state index contributed by atoms with van der Waals surface area (Å²) in [5.41, 5.74) is 10.5. The first-order valence-electron chi connectivity index (χ1n) is 11.1. The Kier molecular flexibility index (Phi) is 3.61. The van der Waals surface area contributed by atoms with Crippen LogP contribution in [0.4, 0.5) is 17.1 Å². The first kappa shape index (κ1) is 20.1. The predicted octanol–water partition coefficient (Wildman–Crippen LogP) is 4.15. The fourth-order valence-electron chi connectivity index (χ4n) is 6.08. The SMILES string of the molecule is CC1=CC(C)(C)N2C(=O)[C@]3(C(C#N)=C(N)N4C(=C3C#N)Nc3ccccc34)c3cc(C)cc1c32. The molecular formula is C27H22N6O. The molecule has 1 atom stereocenters. The minimum Gasteiger partial charge on any atom is -0.384 e. The molecule has 7 heteroatoms. The number of nitriles is 2.